The van der Waals surface area contributed by atoms with Crippen molar-refractivity contribution < 1.29 is 4.79 Å². The molecule has 0 saturated carbocycles. The van der Waals surface area contributed by atoms with E-state index in [9.17, 15) is 4.79 Å². The Morgan fingerprint density at radius 3 is 3.18 bits per heavy atom. The Bertz CT molecular complexity index is 252. The van der Waals surface area contributed by atoms with Gasteiger partial charge in [0.05, 0.1) is 5.92 Å². The van der Waals surface area contributed by atoms with Crippen LogP contribution in [-0.2, 0) is 4.79 Å². The topological polar surface area (TPSA) is 20.3 Å². The number of Topliss-reactive ketones (excluding diaryl/α,β-unsaturated/α-hetero) is 1. The van der Waals surface area contributed by atoms with Gasteiger partial charge in [0.1, 0.15) is 5.78 Å². The van der Waals surface area contributed by atoms with Gasteiger partial charge < -0.3 is 4.90 Å². The molecule has 2 rings (SSSR count). The van der Waals surface area contributed by atoms with Crippen molar-refractivity contribution in [1.82, 2.24) is 4.90 Å². The summed E-state index contributed by atoms with van der Waals surface area (Å²) >= 11 is 0. The van der Waals surface area contributed by atoms with Crippen LogP contribution in [0, 0.1) is 13.0 Å². The number of hydrogen-bond acceptors (Lipinski definition) is 2. The van der Waals surface area contributed by atoms with Crippen molar-refractivity contribution in [3.05, 3.63) is 31.0 Å². The molecule has 0 aromatic heterocycles. The summed E-state index contributed by atoms with van der Waals surface area (Å²) in [7, 11) is 3.77. The number of allylic oxidation sites excluding steroid dienone is 2. The molecule has 11 heavy (non-hydrogen) atoms. The van der Waals surface area contributed by atoms with E-state index in [1.54, 1.807) is 0 Å². The van der Waals surface area contributed by atoms with E-state index in [0.717, 1.165) is 12.1 Å². The second-order valence-corrected chi connectivity index (χ2v) is 3.03. The van der Waals surface area contributed by atoms with E-state index < -0.39 is 0 Å². The summed E-state index contributed by atoms with van der Waals surface area (Å²) in [6, 6.07) is 0. The summed E-state index contributed by atoms with van der Waals surface area (Å²) in [4.78, 5) is 13.1. The van der Waals surface area contributed by atoms with Crippen molar-refractivity contribution in [3.8, 4) is 0 Å². The van der Waals surface area contributed by atoms with Crippen molar-refractivity contribution in [2.45, 2.75) is 6.42 Å². The summed E-state index contributed by atoms with van der Waals surface area (Å²) in [6.45, 7) is 0.762. The monoisotopic (exact) mass is 148 g/mol. The van der Waals surface area contributed by atoms with Gasteiger partial charge in [-0.2, -0.15) is 0 Å². The molecule has 1 aliphatic heterocycles. The van der Waals surface area contributed by atoms with Gasteiger partial charge in [-0.3, -0.25) is 4.79 Å². The zero-order valence-electron chi connectivity index (χ0n) is 6.29. The van der Waals surface area contributed by atoms with Crippen LogP contribution in [0.15, 0.2) is 23.9 Å². The lowest BCUT2D eigenvalue weighted by molar-refractivity contribution is -0.121. The highest BCUT2D eigenvalue weighted by molar-refractivity contribution is 5.88. The van der Waals surface area contributed by atoms with Crippen LogP contribution in [0.3, 0.4) is 0 Å². The van der Waals surface area contributed by atoms with Crippen LogP contribution in [0.2, 0.25) is 0 Å². The highest BCUT2D eigenvalue weighted by atomic mass is 16.1. The van der Waals surface area contributed by atoms with Crippen molar-refractivity contribution in [2.24, 2.45) is 5.92 Å². The molecule has 0 N–H and O–H groups in total. The zero-order chi connectivity index (χ0) is 7.84. The summed E-state index contributed by atoms with van der Waals surface area (Å²) < 4.78 is 0. The first-order valence-corrected chi connectivity index (χ1v) is 3.75. The Morgan fingerprint density at radius 2 is 2.45 bits per heavy atom. The van der Waals surface area contributed by atoms with Crippen LogP contribution in [0.25, 0.3) is 0 Å². The third-order valence-corrected chi connectivity index (χ3v) is 2.17. The first-order chi connectivity index (χ1) is 5.27. The van der Waals surface area contributed by atoms with Crippen molar-refractivity contribution in [2.75, 3.05) is 6.54 Å². The molecule has 1 aliphatic carbocycles. The number of nitrogens with zero attached hydrogens (tertiary/aromatic N) is 1. The van der Waals surface area contributed by atoms with Crippen LogP contribution in [0.4, 0.5) is 0 Å². The lowest BCUT2D eigenvalue weighted by atomic mass is 9.91. The summed E-state index contributed by atoms with van der Waals surface area (Å²) in [5.41, 5.74) is 1.12. The van der Waals surface area contributed by atoms with E-state index in [2.05, 4.69) is 7.05 Å². The normalized spacial score (nSPS) is 28.8. The standard InChI is InChI=1S/C9H10NO/c1-10-5-7-3-2-4-9(11)8(7)6-10/h2-3,5,8H,1,4,6H2. The zero-order valence-corrected chi connectivity index (χ0v) is 6.29. The lowest BCUT2D eigenvalue weighted by Crippen LogP contribution is -2.22. The molecule has 57 valence electrons. The molecule has 0 aromatic carbocycles. The van der Waals surface area contributed by atoms with Crippen LogP contribution in [-0.4, -0.2) is 17.2 Å². The second kappa shape index (κ2) is 2.22. The fraction of sp³-hybridized carbons (Fsp3) is 0.333. The van der Waals surface area contributed by atoms with Crippen LogP contribution in [0.5, 0.6) is 0 Å². The predicted molar refractivity (Wildman–Crippen MR) is 42.4 cm³/mol. The predicted octanol–water partition coefficient (Wildman–Crippen LogP) is 1.12. The molecule has 0 spiro atoms. The number of ketones is 1. The molecule has 0 bridgehead atoms. The lowest BCUT2D eigenvalue weighted by Gasteiger charge is -2.14. The highest BCUT2D eigenvalue weighted by Crippen LogP contribution is 2.27. The minimum atomic E-state index is 0.109. The fourth-order valence-corrected chi connectivity index (χ4v) is 1.59. The molecule has 0 amide bonds. The SMILES string of the molecule is [CH2]N1C=C2C=CCC(=O)C2C1. The molecule has 2 heteroatoms. The maximum Gasteiger partial charge on any atom is 0.145 e. The molecule has 0 aromatic rings. The maximum atomic E-state index is 11.3. The molecule has 1 radical (unpaired) electrons. The van der Waals surface area contributed by atoms with Crippen molar-refractivity contribution in [1.29, 1.82) is 0 Å². The van der Waals surface area contributed by atoms with Gasteiger partial charge in [0.2, 0.25) is 0 Å². The number of rotatable bonds is 0. The maximum absolute atomic E-state index is 11.3. The molecule has 1 atom stereocenters. The van der Waals surface area contributed by atoms with Gasteiger partial charge in [-0.25, -0.2) is 0 Å². The number of carbonyl (C=O) groups is 1. The largest absolute Gasteiger partial charge is 0.374 e. The minimum absolute atomic E-state index is 0.109. The van der Waals surface area contributed by atoms with Crippen molar-refractivity contribution in [3.63, 3.8) is 0 Å². The molecule has 2 nitrogen and oxygen atoms in total. The van der Waals surface area contributed by atoms with Gasteiger partial charge in [-0.15, -0.1) is 0 Å². The van der Waals surface area contributed by atoms with Crippen LogP contribution < -0.4 is 0 Å². The third-order valence-electron chi connectivity index (χ3n) is 2.17. The van der Waals surface area contributed by atoms with E-state index >= 15 is 0 Å². The Morgan fingerprint density at radius 1 is 1.64 bits per heavy atom. The first kappa shape index (κ1) is 6.65. The van der Waals surface area contributed by atoms with E-state index in [1.807, 2.05) is 23.3 Å². The summed E-state index contributed by atoms with van der Waals surface area (Å²) in [5.74, 6) is 0.433. The Labute approximate surface area is 66.2 Å². The van der Waals surface area contributed by atoms with Gasteiger partial charge in [0, 0.05) is 26.2 Å². The average molecular weight is 148 g/mol. The van der Waals surface area contributed by atoms with Crippen LogP contribution in [0.1, 0.15) is 6.42 Å². The van der Waals surface area contributed by atoms with Gasteiger partial charge in [-0.05, 0) is 5.57 Å². The minimum Gasteiger partial charge on any atom is -0.374 e. The van der Waals surface area contributed by atoms with E-state index in [-0.39, 0.29) is 5.92 Å². The number of carbonyl (C=O) groups excluding carboxylic acids is 1. The van der Waals surface area contributed by atoms with E-state index in [0.29, 0.717) is 12.2 Å². The molecular weight excluding hydrogens is 138 g/mol. The third kappa shape index (κ3) is 0.985. The summed E-state index contributed by atoms with van der Waals surface area (Å²) in [6.07, 6.45) is 6.48. The Balaban J connectivity index is 2.31. The highest BCUT2D eigenvalue weighted by Gasteiger charge is 2.28. The summed E-state index contributed by atoms with van der Waals surface area (Å²) in [5, 5.41) is 0. The molecule has 2 aliphatic rings. The average Bonchev–Trinajstić information content (AvgIpc) is 2.31. The quantitative estimate of drug-likeness (QED) is 0.513. The van der Waals surface area contributed by atoms with Crippen molar-refractivity contribution >= 4 is 5.78 Å². The molecule has 1 heterocycles. The van der Waals surface area contributed by atoms with Gasteiger partial charge >= 0.3 is 0 Å². The Kier molecular flexibility index (Phi) is 1.34. The number of fused-ring (bicyclic) bond motifs is 1. The molecule has 0 fully saturated rings. The van der Waals surface area contributed by atoms with E-state index in [4.69, 9.17) is 0 Å². The van der Waals surface area contributed by atoms with Gasteiger partial charge in [-0.1, -0.05) is 12.2 Å². The first-order valence-electron chi connectivity index (χ1n) is 3.75. The van der Waals surface area contributed by atoms with E-state index in [1.165, 1.54) is 0 Å². The Hall–Kier alpha value is -1.05. The number of hydrogen-bond donors (Lipinski definition) is 0. The molecule has 1 unspecified atom stereocenters. The van der Waals surface area contributed by atoms with Gasteiger partial charge in [0.25, 0.3) is 0 Å². The second-order valence-electron chi connectivity index (χ2n) is 3.03. The van der Waals surface area contributed by atoms with Crippen LogP contribution >= 0.6 is 0 Å². The smallest absolute Gasteiger partial charge is 0.145 e. The fourth-order valence-electron chi connectivity index (χ4n) is 1.59. The molecule has 0 saturated heterocycles. The van der Waals surface area contributed by atoms with Gasteiger partial charge in [0.15, 0.2) is 0 Å². The molecular formula is C9H10NO.